The van der Waals surface area contributed by atoms with E-state index in [9.17, 15) is 12.8 Å². The molecule has 6 nitrogen and oxygen atoms in total. The second-order valence-corrected chi connectivity index (χ2v) is 8.91. The van der Waals surface area contributed by atoms with Crippen molar-refractivity contribution >= 4 is 15.8 Å². The SMILES string of the molecule is Cc1ccc(S(=O)(=O)N2CCN(c3cc(-c4ccc(F)cc4)ncn3)CC2)cc1. The molecule has 0 spiro atoms. The summed E-state index contributed by atoms with van der Waals surface area (Å²) in [5, 5.41) is 0. The van der Waals surface area contributed by atoms with Crippen molar-refractivity contribution in [3.8, 4) is 11.3 Å². The Bertz CT molecular complexity index is 1090. The van der Waals surface area contributed by atoms with Crippen LogP contribution < -0.4 is 4.90 Å². The van der Waals surface area contributed by atoms with Crippen molar-refractivity contribution in [3.05, 3.63) is 72.3 Å². The van der Waals surface area contributed by atoms with Crippen molar-refractivity contribution in [2.75, 3.05) is 31.1 Å². The third-order valence-electron chi connectivity index (χ3n) is 5.01. The fourth-order valence-corrected chi connectivity index (χ4v) is 4.74. The van der Waals surface area contributed by atoms with Crippen LogP contribution in [0, 0.1) is 12.7 Å². The van der Waals surface area contributed by atoms with Crippen LogP contribution in [0.3, 0.4) is 0 Å². The van der Waals surface area contributed by atoms with Crippen LogP contribution in [0.25, 0.3) is 11.3 Å². The molecule has 1 aromatic heterocycles. The van der Waals surface area contributed by atoms with Crippen molar-refractivity contribution in [3.63, 3.8) is 0 Å². The van der Waals surface area contributed by atoms with Crippen molar-refractivity contribution < 1.29 is 12.8 Å². The lowest BCUT2D eigenvalue weighted by molar-refractivity contribution is 0.384. The quantitative estimate of drug-likeness (QED) is 0.659. The Hall–Kier alpha value is -2.84. The molecule has 1 saturated heterocycles. The molecule has 0 bridgehead atoms. The molecule has 0 radical (unpaired) electrons. The average Bonchev–Trinajstić information content (AvgIpc) is 2.75. The first-order valence-corrected chi connectivity index (χ1v) is 10.8. The average molecular weight is 412 g/mol. The highest BCUT2D eigenvalue weighted by Crippen LogP contribution is 2.23. The van der Waals surface area contributed by atoms with Gasteiger partial charge in [-0.3, -0.25) is 0 Å². The lowest BCUT2D eigenvalue weighted by atomic mass is 10.1. The summed E-state index contributed by atoms with van der Waals surface area (Å²) in [5.41, 5.74) is 2.52. The number of nitrogens with zero attached hydrogens (tertiary/aromatic N) is 4. The molecule has 0 aliphatic carbocycles. The van der Waals surface area contributed by atoms with E-state index < -0.39 is 10.0 Å². The number of rotatable bonds is 4. The number of hydrogen-bond donors (Lipinski definition) is 0. The largest absolute Gasteiger partial charge is 0.354 e. The summed E-state index contributed by atoms with van der Waals surface area (Å²) in [5.74, 6) is 0.431. The van der Waals surface area contributed by atoms with E-state index in [2.05, 4.69) is 9.97 Å². The smallest absolute Gasteiger partial charge is 0.243 e. The molecule has 0 amide bonds. The molecule has 1 aliphatic rings. The van der Waals surface area contributed by atoms with Gasteiger partial charge < -0.3 is 4.90 Å². The molecule has 29 heavy (non-hydrogen) atoms. The maximum Gasteiger partial charge on any atom is 0.243 e. The Balaban J connectivity index is 1.48. The van der Waals surface area contributed by atoms with Gasteiger partial charge in [0.1, 0.15) is 18.0 Å². The molecule has 2 aromatic carbocycles. The zero-order valence-electron chi connectivity index (χ0n) is 16.0. The van der Waals surface area contributed by atoms with Crippen LogP contribution >= 0.6 is 0 Å². The fraction of sp³-hybridized carbons (Fsp3) is 0.238. The maximum atomic E-state index is 13.2. The van der Waals surface area contributed by atoms with Gasteiger partial charge in [-0.25, -0.2) is 22.8 Å². The highest BCUT2D eigenvalue weighted by molar-refractivity contribution is 7.89. The highest BCUT2D eigenvalue weighted by atomic mass is 32.2. The predicted molar refractivity (Wildman–Crippen MR) is 110 cm³/mol. The number of sulfonamides is 1. The maximum absolute atomic E-state index is 13.2. The Morgan fingerprint density at radius 2 is 1.55 bits per heavy atom. The number of aromatic nitrogens is 2. The van der Waals surface area contributed by atoms with Crippen LogP contribution in [0.2, 0.25) is 0 Å². The highest BCUT2D eigenvalue weighted by Gasteiger charge is 2.29. The Kier molecular flexibility index (Phi) is 5.29. The van der Waals surface area contributed by atoms with E-state index in [4.69, 9.17) is 0 Å². The topological polar surface area (TPSA) is 66.4 Å². The Labute approximate surface area is 169 Å². The van der Waals surface area contributed by atoms with E-state index in [0.29, 0.717) is 36.8 Å². The second-order valence-electron chi connectivity index (χ2n) is 6.97. The van der Waals surface area contributed by atoms with E-state index >= 15 is 0 Å². The molecule has 0 unspecified atom stereocenters. The van der Waals surface area contributed by atoms with Gasteiger partial charge in [0.2, 0.25) is 10.0 Å². The van der Waals surface area contributed by atoms with Gasteiger partial charge in [0.15, 0.2) is 0 Å². The molecule has 0 atom stereocenters. The monoisotopic (exact) mass is 412 g/mol. The molecular formula is C21H21FN4O2S. The van der Waals surface area contributed by atoms with Gasteiger partial charge in [-0.2, -0.15) is 4.31 Å². The van der Waals surface area contributed by atoms with Gasteiger partial charge in [0.05, 0.1) is 10.6 Å². The van der Waals surface area contributed by atoms with Crippen LogP contribution in [0.5, 0.6) is 0 Å². The number of anilines is 1. The van der Waals surface area contributed by atoms with E-state index in [-0.39, 0.29) is 5.82 Å². The number of piperazine rings is 1. The zero-order valence-corrected chi connectivity index (χ0v) is 16.8. The second kappa shape index (κ2) is 7.88. The number of aryl methyl sites for hydroxylation is 1. The summed E-state index contributed by atoms with van der Waals surface area (Å²) in [6.07, 6.45) is 1.48. The van der Waals surface area contributed by atoms with Gasteiger partial charge in [0, 0.05) is 37.8 Å². The molecule has 2 heterocycles. The van der Waals surface area contributed by atoms with Crippen LogP contribution in [-0.2, 0) is 10.0 Å². The molecule has 1 aliphatic heterocycles. The molecular weight excluding hydrogens is 391 g/mol. The summed E-state index contributed by atoms with van der Waals surface area (Å²) in [6, 6.07) is 14.9. The van der Waals surface area contributed by atoms with Crippen LogP contribution in [0.15, 0.2) is 65.8 Å². The first kappa shape index (κ1) is 19.5. The minimum atomic E-state index is -3.50. The third-order valence-corrected chi connectivity index (χ3v) is 6.93. The van der Waals surface area contributed by atoms with E-state index in [1.807, 2.05) is 17.9 Å². The van der Waals surface area contributed by atoms with E-state index in [1.54, 1.807) is 36.4 Å². The first-order chi connectivity index (χ1) is 13.9. The minimum Gasteiger partial charge on any atom is -0.354 e. The summed E-state index contributed by atoms with van der Waals surface area (Å²) >= 11 is 0. The summed E-state index contributed by atoms with van der Waals surface area (Å²) < 4.78 is 40.4. The summed E-state index contributed by atoms with van der Waals surface area (Å²) in [7, 11) is -3.50. The molecule has 150 valence electrons. The third kappa shape index (κ3) is 4.13. The number of hydrogen-bond acceptors (Lipinski definition) is 5. The van der Waals surface area contributed by atoms with Gasteiger partial charge in [-0.1, -0.05) is 17.7 Å². The van der Waals surface area contributed by atoms with Gasteiger partial charge in [0.25, 0.3) is 0 Å². The van der Waals surface area contributed by atoms with Crippen LogP contribution in [0.4, 0.5) is 10.2 Å². The Morgan fingerprint density at radius 3 is 2.21 bits per heavy atom. The molecule has 8 heteroatoms. The summed E-state index contributed by atoms with van der Waals surface area (Å²) in [6.45, 7) is 3.76. The molecule has 3 aromatic rings. The first-order valence-electron chi connectivity index (χ1n) is 9.33. The van der Waals surface area contributed by atoms with Gasteiger partial charge in [-0.15, -0.1) is 0 Å². The van der Waals surface area contributed by atoms with Gasteiger partial charge in [-0.05, 0) is 43.3 Å². The van der Waals surface area contributed by atoms with Gasteiger partial charge >= 0.3 is 0 Å². The predicted octanol–water partition coefficient (Wildman–Crippen LogP) is 3.10. The molecule has 4 rings (SSSR count). The van der Waals surface area contributed by atoms with Crippen molar-refractivity contribution in [1.82, 2.24) is 14.3 Å². The lowest BCUT2D eigenvalue weighted by Crippen LogP contribution is -2.48. The van der Waals surface area contributed by atoms with Crippen LogP contribution in [-0.4, -0.2) is 48.9 Å². The van der Waals surface area contributed by atoms with E-state index in [1.165, 1.54) is 22.8 Å². The zero-order chi connectivity index (χ0) is 20.4. The van der Waals surface area contributed by atoms with Crippen molar-refractivity contribution in [2.24, 2.45) is 0 Å². The van der Waals surface area contributed by atoms with E-state index in [0.717, 1.165) is 16.9 Å². The normalized spacial score (nSPS) is 15.4. The molecule has 0 N–H and O–H groups in total. The fourth-order valence-electron chi connectivity index (χ4n) is 3.32. The number of benzene rings is 2. The van der Waals surface area contributed by atoms with Crippen molar-refractivity contribution in [2.45, 2.75) is 11.8 Å². The lowest BCUT2D eigenvalue weighted by Gasteiger charge is -2.34. The standard InChI is InChI=1S/C21H21FN4O2S/c1-16-2-8-19(9-3-16)29(27,28)26-12-10-25(11-13-26)21-14-20(23-15-24-21)17-4-6-18(22)7-5-17/h2-9,14-15H,10-13H2,1H3. The number of halogens is 1. The molecule has 1 fully saturated rings. The summed E-state index contributed by atoms with van der Waals surface area (Å²) in [4.78, 5) is 11.0. The Morgan fingerprint density at radius 1 is 0.897 bits per heavy atom. The van der Waals surface area contributed by atoms with Crippen LogP contribution in [0.1, 0.15) is 5.56 Å². The van der Waals surface area contributed by atoms with Crippen molar-refractivity contribution in [1.29, 1.82) is 0 Å². The molecule has 0 saturated carbocycles. The minimum absolute atomic E-state index is 0.297.